The molecule has 1 saturated carbocycles. The van der Waals surface area contributed by atoms with Crippen molar-refractivity contribution in [2.75, 3.05) is 26.7 Å². The van der Waals surface area contributed by atoms with Gasteiger partial charge in [-0.05, 0) is 64.0 Å². The largest absolute Gasteiger partial charge is 0.316 e. The van der Waals surface area contributed by atoms with Gasteiger partial charge in [0.05, 0.1) is 0 Å². The molecule has 0 radical (unpaired) electrons. The smallest absolute Gasteiger partial charge is 0.00923 e. The van der Waals surface area contributed by atoms with E-state index in [1.54, 1.807) is 0 Å². The van der Waals surface area contributed by atoms with Crippen LogP contribution in [0.4, 0.5) is 0 Å². The molecule has 2 unspecified atom stereocenters. The number of nitrogens with one attached hydrogen (secondary N) is 1. The Morgan fingerprint density at radius 2 is 2.19 bits per heavy atom. The van der Waals surface area contributed by atoms with Gasteiger partial charge in [-0.3, -0.25) is 0 Å². The fourth-order valence-corrected chi connectivity index (χ4v) is 3.19. The third-order valence-corrected chi connectivity index (χ3v) is 4.89. The van der Waals surface area contributed by atoms with E-state index in [2.05, 4.69) is 31.1 Å². The van der Waals surface area contributed by atoms with Crippen LogP contribution < -0.4 is 5.32 Å². The molecule has 1 aliphatic carbocycles. The average molecular weight is 224 g/mol. The predicted octanol–water partition coefficient (Wildman–Crippen LogP) is 2.50. The Labute approximate surface area is 101 Å². The van der Waals surface area contributed by atoms with E-state index in [1.165, 1.54) is 51.7 Å². The van der Waals surface area contributed by atoms with Crippen LogP contribution in [0.25, 0.3) is 0 Å². The average Bonchev–Trinajstić information content (AvgIpc) is 3.13. The van der Waals surface area contributed by atoms with Gasteiger partial charge in [-0.2, -0.15) is 0 Å². The molecular formula is C14H28N2. The molecule has 0 amide bonds. The van der Waals surface area contributed by atoms with E-state index in [0.29, 0.717) is 5.41 Å². The number of piperidine rings is 1. The number of hydrogen-bond acceptors (Lipinski definition) is 2. The number of hydrogen-bond donors (Lipinski definition) is 1. The molecule has 1 heterocycles. The van der Waals surface area contributed by atoms with Gasteiger partial charge in [-0.25, -0.2) is 0 Å². The molecule has 1 aliphatic heterocycles. The molecule has 2 heteroatoms. The highest BCUT2D eigenvalue weighted by atomic mass is 15.1. The minimum Gasteiger partial charge on any atom is -0.316 e. The molecule has 0 spiro atoms. The second-order valence-corrected chi connectivity index (χ2v) is 6.13. The summed E-state index contributed by atoms with van der Waals surface area (Å²) in [7, 11) is 2.33. The van der Waals surface area contributed by atoms with Crippen molar-refractivity contribution in [3.8, 4) is 0 Å². The van der Waals surface area contributed by atoms with E-state index in [9.17, 15) is 0 Å². The monoisotopic (exact) mass is 224 g/mol. The zero-order valence-electron chi connectivity index (χ0n) is 11.3. The maximum absolute atomic E-state index is 3.59. The van der Waals surface area contributed by atoms with Crippen LogP contribution >= 0.6 is 0 Å². The van der Waals surface area contributed by atoms with Crippen molar-refractivity contribution >= 4 is 0 Å². The van der Waals surface area contributed by atoms with E-state index < -0.39 is 0 Å². The second kappa shape index (κ2) is 5.05. The molecule has 0 aromatic carbocycles. The van der Waals surface area contributed by atoms with Gasteiger partial charge < -0.3 is 10.2 Å². The molecule has 1 saturated heterocycles. The minimum atomic E-state index is 0.552. The molecule has 0 aromatic rings. The summed E-state index contributed by atoms with van der Waals surface area (Å²) in [4.78, 5) is 2.62. The summed E-state index contributed by atoms with van der Waals surface area (Å²) in [5.74, 6) is 0.996. The van der Waals surface area contributed by atoms with Gasteiger partial charge in [0.15, 0.2) is 0 Å². The summed E-state index contributed by atoms with van der Waals surface area (Å²) in [5.41, 5.74) is 0.552. The van der Waals surface area contributed by atoms with E-state index in [-0.39, 0.29) is 0 Å². The van der Waals surface area contributed by atoms with Crippen LogP contribution in [0, 0.1) is 11.3 Å². The van der Waals surface area contributed by atoms with Gasteiger partial charge in [0.25, 0.3) is 0 Å². The molecule has 94 valence electrons. The first-order valence-electron chi connectivity index (χ1n) is 7.08. The van der Waals surface area contributed by atoms with Crippen LogP contribution in [0.5, 0.6) is 0 Å². The Hall–Kier alpha value is -0.0800. The summed E-state index contributed by atoms with van der Waals surface area (Å²) in [6, 6.07) is 0.797. The van der Waals surface area contributed by atoms with Crippen molar-refractivity contribution in [2.24, 2.45) is 11.3 Å². The van der Waals surface area contributed by atoms with Crippen molar-refractivity contribution in [2.45, 2.75) is 52.0 Å². The molecule has 2 fully saturated rings. The predicted molar refractivity (Wildman–Crippen MR) is 69.6 cm³/mol. The molecule has 2 rings (SSSR count). The third-order valence-electron chi connectivity index (χ3n) is 4.89. The lowest BCUT2D eigenvalue weighted by Crippen LogP contribution is -2.48. The van der Waals surface area contributed by atoms with E-state index in [0.717, 1.165) is 12.0 Å². The molecule has 16 heavy (non-hydrogen) atoms. The Kier molecular flexibility index (Phi) is 3.91. The first-order valence-corrected chi connectivity index (χ1v) is 7.08. The molecule has 1 N–H and O–H groups in total. The van der Waals surface area contributed by atoms with Crippen molar-refractivity contribution < 1.29 is 0 Å². The Balaban J connectivity index is 1.88. The quantitative estimate of drug-likeness (QED) is 0.772. The normalized spacial score (nSPS) is 33.0. The molecule has 2 aliphatic rings. The number of nitrogens with zero attached hydrogens (tertiary/aromatic N) is 1. The van der Waals surface area contributed by atoms with Crippen molar-refractivity contribution in [1.29, 1.82) is 0 Å². The van der Waals surface area contributed by atoms with Gasteiger partial charge in [-0.15, -0.1) is 0 Å². The molecule has 0 aromatic heterocycles. The van der Waals surface area contributed by atoms with Crippen LogP contribution in [0.2, 0.25) is 0 Å². The highest BCUT2D eigenvalue weighted by molar-refractivity contribution is 4.90. The minimum absolute atomic E-state index is 0.552. The van der Waals surface area contributed by atoms with Crippen molar-refractivity contribution in [3.63, 3.8) is 0 Å². The van der Waals surface area contributed by atoms with Gasteiger partial charge in [-0.1, -0.05) is 6.92 Å². The molecular weight excluding hydrogens is 196 g/mol. The van der Waals surface area contributed by atoms with Gasteiger partial charge >= 0.3 is 0 Å². The van der Waals surface area contributed by atoms with Crippen LogP contribution in [0.1, 0.15) is 46.0 Å². The maximum Gasteiger partial charge on any atom is 0.00923 e. The van der Waals surface area contributed by atoms with Crippen molar-refractivity contribution in [3.05, 3.63) is 0 Å². The van der Waals surface area contributed by atoms with Crippen LogP contribution in [0.15, 0.2) is 0 Å². The fraction of sp³-hybridized carbons (Fsp3) is 1.00. The van der Waals surface area contributed by atoms with E-state index >= 15 is 0 Å². The Morgan fingerprint density at radius 3 is 2.69 bits per heavy atom. The number of rotatable bonds is 5. The zero-order chi connectivity index (χ0) is 11.6. The summed E-state index contributed by atoms with van der Waals surface area (Å²) >= 11 is 0. The van der Waals surface area contributed by atoms with E-state index in [1.807, 2.05) is 0 Å². The van der Waals surface area contributed by atoms with Gasteiger partial charge in [0, 0.05) is 19.1 Å². The molecule has 2 atom stereocenters. The zero-order valence-corrected chi connectivity index (χ0v) is 11.3. The summed E-state index contributed by atoms with van der Waals surface area (Å²) in [6.07, 6.45) is 7.02. The van der Waals surface area contributed by atoms with Gasteiger partial charge in [0.2, 0.25) is 0 Å². The lowest BCUT2D eigenvalue weighted by Gasteiger charge is -2.41. The summed E-state index contributed by atoms with van der Waals surface area (Å²) in [6.45, 7) is 8.52. The highest BCUT2D eigenvalue weighted by Gasteiger charge is 2.36. The highest BCUT2D eigenvalue weighted by Crippen LogP contribution is 2.37. The first kappa shape index (κ1) is 12.4. The standard InChI is InChI=1S/C14H28N2/c1-4-14(8-5-9-15-10-14)11-16(3)12(2)13-6-7-13/h12-13,15H,4-11H2,1-3H3. The van der Waals surface area contributed by atoms with Crippen molar-refractivity contribution in [1.82, 2.24) is 10.2 Å². The van der Waals surface area contributed by atoms with Gasteiger partial charge in [0.1, 0.15) is 0 Å². The first-order chi connectivity index (χ1) is 7.67. The fourth-order valence-electron chi connectivity index (χ4n) is 3.19. The summed E-state index contributed by atoms with van der Waals surface area (Å²) < 4.78 is 0. The third kappa shape index (κ3) is 2.78. The second-order valence-electron chi connectivity index (χ2n) is 6.13. The van der Waals surface area contributed by atoms with Crippen LogP contribution in [0.3, 0.4) is 0 Å². The lowest BCUT2D eigenvalue weighted by molar-refractivity contribution is 0.0994. The van der Waals surface area contributed by atoms with E-state index in [4.69, 9.17) is 0 Å². The maximum atomic E-state index is 3.59. The van der Waals surface area contributed by atoms with Crippen LogP contribution in [-0.4, -0.2) is 37.6 Å². The topological polar surface area (TPSA) is 15.3 Å². The summed E-state index contributed by atoms with van der Waals surface area (Å²) in [5, 5.41) is 3.59. The molecule has 0 bridgehead atoms. The molecule has 2 nitrogen and oxygen atoms in total. The lowest BCUT2D eigenvalue weighted by atomic mass is 9.77. The SMILES string of the molecule is CCC1(CN(C)C(C)C2CC2)CCCNC1. The Morgan fingerprint density at radius 1 is 1.44 bits per heavy atom. The van der Waals surface area contributed by atoms with Crippen LogP contribution in [-0.2, 0) is 0 Å². The Bertz CT molecular complexity index is 217.